The molecule has 0 aromatic heterocycles. The summed E-state index contributed by atoms with van der Waals surface area (Å²) >= 11 is 0. The molecule has 8 radical (unpaired) electrons. The summed E-state index contributed by atoms with van der Waals surface area (Å²) in [4.78, 5) is 0. The van der Waals surface area contributed by atoms with E-state index >= 15 is 0 Å². The standard InChI is InChI=1S/2B.Ca.2H3N/h;;;2*1H3/q2*-1;+2;;. The Morgan fingerprint density at radius 2 is 0.600 bits per heavy atom. The van der Waals surface area contributed by atoms with E-state index < -0.39 is 0 Å². The minimum absolute atomic E-state index is 0. The fourth-order valence-electron chi connectivity index (χ4n) is 0. The molecule has 0 unspecified atom stereocenters. The summed E-state index contributed by atoms with van der Waals surface area (Å²) in [6.45, 7) is 0. The second-order valence-electron chi connectivity index (χ2n) is 0. The van der Waals surface area contributed by atoms with Crippen LogP contribution in [-0.4, -0.2) is 54.6 Å². The van der Waals surface area contributed by atoms with Gasteiger partial charge in [-0.25, -0.2) is 0 Å². The van der Waals surface area contributed by atoms with Crippen LogP contribution in [0.2, 0.25) is 0 Å². The molecule has 0 atom stereocenters. The Labute approximate surface area is 66.4 Å². The van der Waals surface area contributed by atoms with E-state index in [1.54, 1.807) is 0 Å². The smallest absolute Gasteiger partial charge is 1.00 e. The summed E-state index contributed by atoms with van der Waals surface area (Å²) in [6, 6.07) is 0. The Balaban J connectivity index is 0. The second kappa shape index (κ2) is 57.5. The van der Waals surface area contributed by atoms with Gasteiger partial charge in [0.2, 0.25) is 0 Å². The van der Waals surface area contributed by atoms with Crippen LogP contribution in [-0.2, 0) is 0 Å². The first kappa shape index (κ1) is 104. The minimum Gasteiger partial charge on any atom is -1.00 e. The van der Waals surface area contributed by atoms with Crippen molar-refractivity contribution in [2.75, 3.05) is 0 Å². The van der Waals surface area contributed by atoms with Gasteiger partial charge in [0, 0.05) is 0 Å². The third-order valence-electron chi connectivity index (χ3n) is 0. The molecule has 0 aromatic carbocycles. The van der Waals surface area contributed by atoms with Gasteiger partial charge in [0.25, 0.3) is 0 Å². The maximum Gasteiger partial charge on any atom is 2.00 e. The first-order valence-electron chi connectivity index (χ1n) is 0. The van der Waals surface area contributed by atoms with Crippen LogP contribution in [0.3, 0.4) is 0 Å². The molecule has 0 aliphatic rings. The molecule has 0 heterocycles. The van der Waals surface area contributed by atoms with Gasteiger partial charge in [-0.2, -0.15) is 0 Å². The van der Waals surface area contributed by atoms with Crippen LogP contribution in [0.4, 0.5) is 0 Å². The van der Waals surface area contributed by atoms with Gasteiger partial charge >= 0.3 is 37.7 Å². The Hall–Kier alpha value is 1.31. The molecule has 0 fully saturated rings. The first-order valence-corrected chi connectivity index (χ1v) is 0. The molecule has 0 aliphatic carbocycles. The Morgan fingerprint density at radius 3 is 0.600 bits per heavy atom. The van der Waals surface area contributed by atoms with E-state index in [9.17, 15) is 0 Å². The van der Waals surface area contributed by atoms with Crippen molar-refractivity contribution < 1.29 is 0 Å². The van der Waals surface area contributed by atoms with Crippen LogP contribution in [0.25, 0.3) is 0 Å². The van der Waals surface area contributed by atoms with Crippen LogP contribution >= 0.6 is 0 Å². The van der Waals surface area contributed by atoms with Gasteiger partial charge < -0.3 is 29.1 Å². The average molecular weight is 95.8 g/mol. The van der Waals surface area contributed by atoms with Crippen molar-refractivity contribution >= 4 is 54.6 Å². The maximum absolute atomic E-state index is 0. The van der Waals surface area contributed by atoms with Gasteiger partial charge in [0.05, 0.1) is 0 Å². The summed E-state index contributed by atoms with van der Waals surface area (Å²) in [5, 5.41) is 0. The van der Waals surface area contributed by atoms with Crippen LogP contribution in [0.15, 0.2) is 0 Å². The van der Waals surface area contributed by atoms with Gasteiger partial charge in [-0.15, -0.1) is 0 Å². The van der Waals surface area contributed by atoms with E-state index in [1.165, 1.54) is 0 Å². The molecule has 2 nitrogen and oxygen atoms in total. The monoisotopic (exact) mass is 96.0 g/mol. The maximum atomic E-state index is 0. The quantitative estimate of drug-likeness (QED) is 0.386. The largest absolute Gasteiger partial charge is 2.00 e. The van der Waals surface area contributed by atoms with Crippen molar-refractivity contribution in [2.24, 2.45) is 0 Å². The van der Waals surface area contributed by atoms with Gasteiger partial charge in [0.15, 0.2) is 0 Å². The number of rotatable bonds is 0. The first-order chi connectivity index (χ1) is 0. The Kier molecular flexibility index (Phi) is 1190. The number of hydrogen-bond donors (Lipinski definition) is 2. The molecule has 0 aromatic rings. The fraction of sp³-hybridized carbons (Fsp3) is 0. The van der Waals surface area contributed by atoms with Gasteiger partial charge in [-0.05, 0) is 0 Å². The van der Waals surface area contributed by atoms with Crippen LogP contribution < -0.4 is 12.3 Å². The third kappa shape index (κ3) is 33.9. The molecule has 0 saturated heterocycles. The fourth-order valence-corrected chi connectivity index (χ4v) is 0. The van der Waals surface area contributed by atoms with Gasteiger partial charge in [0.1, 0.15) is 0 Å². The van der Waals surface area contributed by atoms with Crippen molar-refractivity contribution in [1.82, 2.24) is 12.3 Å². The molecule has 5 heteroatoms. The van der Waals surface area contributed by atoms with E-state index in [-0.39, 0.29) is 66.9 Å². The predicted octanol–water partition coefficient (Wildman–Crippen LogP) is -0.818. The molecule has 6 N–H and O–H groups in total. The van der Waals surface area contributed by atoms with Gasteiger partial charge in [-0.1, -0.05) is 0 Å². The van der Waals surface area contributed by atoms with Crippen LogP contribution in [0.5, 0.6) is 0 Å². The summed E-state index contributed by atoms with van der Waals surface area (Å²) in [6.07, 6.45) is 0. The average Bonchev–Trinajstić information content (AvgIpc) is 0. The Morgan fingerprint density at radius 1 is 0.600 bits per heavy atom. The molecule has 0 aliphatic heterocycles. The second-order valence-corrected chi connectivity index (χ2v) is 0. The van der Waals surface area contributed by atoms with Gasteiger partial charge in [-0.3, -0.25) is 0 Å². The molecule has 0 bridgehead atoms. The van der Waals surface area contributed by atoms with Crippen molar-refractivity contribution in [3.8, 4) is 0 Å². The predicted molar refractivity (Wildman–Crippen MR) is 27.3 cm³/mol. The van der Waals surface area contributed by atoms with E-state index in [0.717, 1.165) is 0 Å². The van der Waals surface area contributed by atoms with Crippen LogP contribution in [0.1, 0.15) is 0 Å². The summed E-state index contributed by atoms with van der Waals surface area (Å²) in [7, 11) is 0. The zero-order valence-corrected chi connectivity index (χ0v) is 5.48. The zero-order chi connectivity index (χ0) is 0. The minimum atomic E-state index is 0. The van der Waals surface area contributed by atoms with Crippen LogP contribution in [0, 0.1) is 0 Å². The molecule has 0 spiro atoms. The molecular weight excluding hydrogens is 89.7 g/mol. The van der Waals surface area contributed by atoms with Crippen molar-refractivity contribution in [3.63, 3.8) is 0 Å². The topological polar surface area (TPSA) is 70.0 Å². The number of hydrogen-bond acceptors (Lipinski definition) is 2. The van der Waals surface area contributed by atoms with E-state index in [1.807, 2.05) is 0 Å². The summed E-state index contributed by atoms with van der Waals surface area (Å²) in [5.74, 6) is 0. The van der Waals surface area contributed by atoms with E-state index in [4.69, 9.17) is 0 Å². The molecule has 0 amide bonds. The Bertz CT molecular complexity index is 7.61. The van der Waals surface area contributed by atoms with E-state index in [0.29, 0.717) is 0 Å². The molecule has 0 saturated carbocycles. The van der Waals surface area contributed by atoms with Crippen molar-refractivity contribution in [3.05, 3.63) is 0 Å². The summed E-state index contributed by atoms with van der Waals surface area (Å²) < 4.78 is 0. The SMILES string of the molecule is N.N.[B-].[B-].[Ca+2]. The molecule has 5 heavy (non-hydrogen) atoms. The van der Waals surface area contributed by atoms with E-state index in [2.05, 4.69) is 0 Å². The normalized spacial score (nSPS) is 0. The molecule has 0 rings (SSSR count). The van der Waals surface area contributed by atoms with Crippen molar-refractivity contribution in [2.45, 2.75) is 0 Å². The third-order valence-corrected chi connectivity index (χ3v) is 0. The summed E-state index contributed by atoms with van der Waals surface area (Å²) in [5.41, 5.74) is 0. The molecule has 24 valence electrons. The zero-order valence-electron chi connectivity index (χ0n) is 3.28. The van der Waals surface area contributed by atoms with Crippen molar-refractivity contribution in [1.29, 1.82) is 0 Å². The molecular formula is H6B2CaN2.